The Kier molecular flexibility index (Phi) is 5.57. The highest BCUT2D eigenvalue weighted by Crippen LogP contribution is 2.38. The van der Waals surface area contributed by atoms with E-state index >= 15 is 0 Å². The highest BCUT2D eigenvalue weighted by atomic mass is 19.4. The Morgan fingerprint density at radius 1 is 1.10 bits per heavy atom. The van der Waals surface area contributed by atoms with Gasteiger partial charge in [0.25, 0.3) is 5.56 Å². The molecule has 0 radical (unpaired) electrons. The van der Waals surface area contributed by atoms with Crippen LogP contribution in [-0.4, -0.2) is 28.9 Å². The quantitative estimate of drug-likeness (QED) is 0.818. The monoisotopic (exact) mass is 405 g/mol. The van der Waals surface area contributed by atoms with Crippen LogP contribution >= 0.6 is 0 Å². The third-order valence-electron chi connectivity index (χ3n) is 4.72. The number of halogens is 3. The molecule has 154 valence electrons. The van der Waals surface area contributed by atoms with Crippen LogP contribution in [-0.2, 0) is 11.8 Å². The molecule has 29 heavy (non-hydrogen) atoms. The molecule has 3 heterocycles. The largest absolute Gasteiger partial charge is 0.481 e. The summed E-state index contributed by atoms with van der Waals surface area (Å²) in [5, 5.41) is 2.13. The van der Waals surface area contributed by atoms with Crippen molar-refractivity contribution in [2.24, 2.45) is 7.05 Å². The maximum absolute atomic E-state index is 13.2. The summed E-state index contributed by atoms with van der Waals surface area (Å²) in [5.41, 5.74) is 4.80. The Morgan fingerprint density at radius 3 is 2.48 bits per heavy atom. The molecule has 4 rings (SSSR count). The van der Waals surface area contributed by atoms with Gasteiger partial charge in [0, 0.05) is 24.8 Å². The molecule has 2 aliphatic heterocycles. The number of fused-ring (bicyclic) bond motifs is 2. The molecule has 1 aromatic carbocycles. The molecule has 8 heteroatoms. The van der Waals surface area contributed by atoms with Gasteiger partial charge in [-0.3, -0.25) is 4.79 Å². The summed E-state index contributed by atoms with van der Waals surface area (Å²) in [6, 6.07) is 6.81. The number of pyridine rings is 1. The summed E-state index contributed by atoms with van der Waals surface area (Å²) in [6.07, 6.45) is 0.0624. The van der Waals surface area contributed by atoms with Crippen molar-refractivity contribution in [3.05, 3.63) is 76.1 Å². The third-order valence-corrected chi connectivity index (χ3v) is 4.72. The van der Waals surface area contributed by atoms with Crippen molar-refractivity contribution in [1.29, 1.82) is 0 Å². The number of nitrogens with one attached hydrogen (secondary N) is 1. The molecule has 0 aliphatic carbocycles. The number of hydrogen-bond acceptors (Lipinski definition) is 4. The average molecular weight is 405 g/mol. The van der Waals surface area contributed by atoms with Crippen molar-refractivity contribution < 1.29 is 17.9 Å². The molecule has 0 saturated carbocycles. The molecule has 2 aromatic rings. The van der Waals surface area contributed by atoms with Crippen LogP contribution in [0.1, 0.15) is 19.4 Å². The van der Waals surface area contributed by atoms with E-state index < -0.39 is 12.2 Å². The number of nitrogens with zero attached hydrogens (tertiary/aromatic N) is 2. The third kappa shape index (κ3) is 3.67. The fourth-order valence-corrected chi connectivity index (χ4v) is 3.31. The number of hydrazine groups is 1. The molecular weight excluding hydrogens is 383 g/mol. The number of rotatable bonds is 2. The van der Waals surface area contributed by atoms with E-state index in [2.05, 4.69) is 5.43 Å². The van der Waals surface area contributed by atoms with Crippen LogP contribution in [0.5, 0.6) is 0 Å². The average Bonchev–Trinajstić information content (AvgIpc) is 3.17. The van der Waals surface area contributed by atoms with Gasteiger partial charge in [-0.2, -0.15) is 13.2 Å². The van der Waals surface area contributed by atoms with Gasteiger partial charge in [0.15, 0.2) is 0 Å². The van der Waals surface area contributed by atoms with Crippen molar-refractivity contribution in [1.82, 2.24) is 15.0 Å². The number of hydrogen-bond donors (Lipinski definition) is 1. The Hall–Kier alpha value is -3.00. The fraction of sp³-hybridized carbons (Fsp3) is 0.286. The number of ether oxygens (including phenoxy) is 1. The van der Waals surface area contributed by atoms with Gasteiger partial charge in [-0.05, 0) is 41.3 Å². The Morgan fingerprint density at radius 2 is 1.83 bits per heavy atom. The van der Waals surface area contributed by atoms with Crippen molar-refractivity contribution in [2.45, 2.75) is 26.1 Å². The first-order valence-electron chi connectivity index (χ1n) is 9.21. The molecule has 1 atom stereocenters. The highest BCUT2D eigenvalue weighted by molar-refractivity contribution is 5.88. The second kappa shape index (κ2) is 7.79. The normalized spacial score (nSPS) is 18.4. The lowest BCUT2D eigenvalue weighted by Gasteiger charge is -2.29. The first-order valence-corrected chi connectivity index (χ1v) is 9.21. The summed E-state index contributed by atoms with van der Waals surface area (Å²) < 4.78 is 46.3. The van der Waals surface area contributed by atoms with Crippen LogP contribution in [0.3, 0.4) is 0 Å². The summed E-state index contributed by atoms with van der Waals surface area (Å²) in [7, 11) is 3.08. The maximum atomic E-state index is 13.2. The molecule has 0 saturated heterocycles. The second-order valence-electron chi connectivity index (χ2n) is 6.33. The first-order chi connectivity index (χ1) is 13.8. The molecule has 1 unspecified atom stereocenters. The second-order valence-corrected chi connectivity index (χ2v) is 6.33. The molecule has 0 fully saturated rings. The van der Waals surface area contributed by atoms with E-state index in [1.807, 2.05) is 19.9 Å². The number of methoxy groups -OCH3 is 1. The van der Waals surface area contributed by atoms with Gasteiger partial charge in [0.1, 0.15) is 6.04 Å². The van der Waals surface area contributed by atoms with Gasteiger partial charge in [-0.25, -0.2) is 10.4 Å². The lowest BCUT2D eigenvalue weighted by atomic mass is 9.98. The van der Waals surface area contributed by atoms with Crippen LogP contribution in [0.4, 0.5) is 13.2 Å². The first kappa shape index (κ1) is 20.7. The molecule has 0 bridgehead atoms. The zero-order valence-electron chi connectivity index (χ0n) is 16.5. The predicted molar refractivity (Wildman–Crippen MR) is 107 cm³/mol. The van der Waals surface area contributed by atoms with Gasteiger partial charge in [-0.1, -0.05) is 19.9 Å². The van der Waals surface area contributed by atoms with E-state index in [-0.39, 0.29) is 11.4 Å². The Labute approximate surface area is 166 Å². The van der Waals surface area contributed by atoms with E-state index in [4.69, 9.17) is 4.74 Å². The van der Waals surface area contributed by atoms with Crippen LogP contribution in [0.25, 0.3) is 16.5 Å². The molecule has 0 amide bonds. The minimum Gasteiger partial charge on any atom is -0.481 e. The van der Waals surface area contributed by atoms with Crippen LogP contribution in [0, 0.1) is 0 Å². The zero-order chi connectivity index (χ0) is 21.3. The van der Waals surface area contributed by atoms with Gasteiger partial charge < -0.3 is 9.30 Å². The molecular formula is C21H22F3N3O2. The fourth-order valence-electron chi connectivity index (χ4n) is 3.31. The van der Waals surface area contributed by atoms with E-state index in [0.29, 0.717) is 11.3 Å². The van der Waals surface area contributed by atoms with E-state index in [0.717, 1.165) is 22.5 Å². The molecule has 1 aromatic heterocycles. The Balaban J connectivity index is 0.00000117. The summed E-state index contributed by atoms with van der Waals surface area (Å²) >= 11 is 0. The SMILES string of the molecule is CC.COC1=CC=C(c2ccc3c(ccc(=O)n3C)c2)C2=CC(C(F)(F)F)NN12. The van der Waals surface area contributed by atoms with Gasteiger partial charge >= 0.3 is 6.18 Å². The number of alkyl halides is 3. The molecule has 5 nitrogen and oxygen atoms in total. The lowest BCUT2D eigenvalue weighted by molar-refractivity contribution is -0.149. The van der Waals surface area contributed by atoms with Gasteiger partial charge in [0.05, 0.1) is 18.3 Å². The topological polar surface area (TPSA) is 46.5 Å². The Bertz CT molecular complexity index is 1080. The number of benzene rings is 1. The highest BCUT2D eigenvalue weighted by Gasteiger charge is 2.45. The lowest BCUT2D eigenvalue weighted by Crippen LogP contribution is -2.44. The van der Waals surface area contributed by atoms with Crippen molar-refractivity contribution in [2.75, 3.05) is 7.11 Å². The minimum absolute atomic E-state index is 0.123. The van der Waals surface area contributed by atoms with Crippen LogP contribution in [0.15, 0.2) is 64.9 Å². The number of aryl methyl sites for hydroxylation is 1. The van der Waals surface area contributed by atoms with Crippen LogP contribution in [0.2, 0.25) is 0 Å². The van der Waals surface area contributed by atoms with E-state index in [1.54, 1.807) is 37.4 Å². The molecule has 0 spiro atoms. The summed E-state index contributed by atoms with van der Waals surface area (Å²) in [6.45, 7) is 4.00. The molecule has 1 N–H and O–H groups in total. The molecule has 2 aliphatic rings. The van der Waals surface area contributed by atoms with Crippen LogP contribution < -0.4 is 11.0 Å². The van der Waals surface area contributed by atoms with Crippen molar-refractivity contribution in [3.63, 3.8) is 0 Å². The standard InChI is InChI=1S/C19H16F3N3O2.C2H6/c1-24-14-6-3-11(9-12(14)4-7-17(24)26)13-5-8-18(27-2)25-15(13)10-16(23-25)19(20,21)22;1-2/h3-10,16,23H,1-2H3;1-2H3. The summed E-state index contributed by atoms with van der Waals surface area (Å²) in [4.78, 5) is 11.8. The number of allylic oxidation sites excluding steroid dienone is 3. The van der Waals surface area contributed by atoms with Gasteiger partial charge in [0.2, 0.25) is 5.88 Å². The van der Waals surface area contributed by atoms with Crippen molar-refractivity contribution >= 4 is 16.5 Å². The minimum atomic E-state index is -4.42. The number of aromatic nitrogens is 1. The van der Waals surface area contributed by atoms with Crippen molar-refractivity contribution in [3.8, 4) is 0 Å². The van der Waals surface area contributed by atoms with Gasteiger partial charge in [-0.15, -0.1) is 0 Å². The summed E-state index contributed by atoms with van der Waals surface area (Å²) in [5.74, 6) is 0.278. The maximum Gasteiger partial charge on any atom is 0.409 e. The smallest absolute Gasteiger partial charge is 0.409 e. The van der Waals surface area contributed by atoms with E-state index in [9.17, 15) is 18.0 Å². The predicted octanol–water partition coefficient (Wildman–Crippen LogP) is 4.08. The zero-order valence-corrected chi connectivity index (χ0v) is 16.5. The van der Waals surface area contributed by atoms with E-state index in [1.165, 1.54) is 22.8 Å².